The van der Waals surface area contributed by atoms with Crippen molar-refractivity contribution in [3.05, 3.63) is 89.5 Å². The summed E-state index contributed by atoms with van der Waals surface area (Å²) < 4.78 is 10.9. The molecule has 0 unspecified atom stereocenters. The Morgan fingerprint density at radius 2 is 1.47 bits per heavy atom. The van der Waals surface area contributed by atoms with Crippen LogP contribution in [-0.4, -0.2) is 37.1 Å². The van der Waals surface area contributed by atoms with E-state index in [1.807, 2.05) is 31.2 Å². The highest BCUT2D eigenvalue weighted by molar-refractivity contribution is 6.35. The molecule has 3 amide bonds. The highest BCUT2D eigenvalue weighted by atomic mass is 16.5. The SMILES string of the molecule is CCOc1ccc(NC(=O)COc2ccc(/C=N\NC(=O)C(=O)NCc3ccc(C(C)C)cc3)cc2)cc1. The Balaban J connectivity index is 1.38. The molecule has 3 aromatic rings. The summed E-state index contributed by atoms with van der Waals surface area (Å²) in [5.74, 6) is -0.285. The lowest BCUT2D eigenvalue weighted by Crippen LogP contribution is -2.37. The van der Waals surface area contributed by atoms with Gasteiger partial charge in [-0.2, -0.15) is 5.10 Å². The molecule has 0 fully saturated rings. The Morgan fingerprint density at radius 3 is 2.11 bits per heavy atom. The van der Waals surface area contributed by atoms with Gasteiger partial charge in [-0.3, -0.25) is 14.4 Å². The number of hydrazone groups is 1. The number of hydrogen-bond acceptors (Lipinski definition) is 6. The van der Waals surface area contributed by atoms with Crippen molar-refractivity contribution in [1.29, 1.82) is 0 Å². The molecule has 0 aliphatic heterocycles. The van der Waals surface area contributed by atoms with Gasteiger partial charge in [0.15, 0.2) is 6.61 Å². The minimum atomic E-state index is -0.862. The molecule has 0 heterocycles. The largest absolute Gasteiger partial charge is 0.494 e. The topological polar surface area (TPSA) is 118 Å². The van der Waals surface area contributed by atoms with Gasteiger partial charge >= 0.3 is 11.8 Å². The molecule has 9 heteroatoms. The molecule has 0 aromatic heterocycles. The van der Waals surface area contributed by atoms with Crippen LogP contribution >= 0.6 is 0 Å². The zero-order valence-electron chi connectivity index (χ0n) is 21.7. The van der Waals surface area contributed by atoms with E-state index in [0.717, 1.165) is 11.3 Å². The molecule has 9 nitrogen and oxygen atoms in total. The summed E-state index contributed by atoms with van der Waals surface area (Å²) in [6, 6.07) is 21.7. The molecule has 0 saturated carbocycles. The zero-order chi connectivity index (χ0) is 27.3. The van der Waals surface area contributed by atoms with E-state index < -0.39 is 11.8 Å². The average Bonchev–Trinajstić information content (AvgIpc) is 2.92. The first kappa shape index (κ1) is 27.9. The summed E-state index contributed by atoms with van der Waals surface area (Å²) in [5.41, 5.74) is 5.62. The maximum absolute atomic E-state index is 12.1. The molecule has 0 aliphatic rings. The Kier molecular flexibility index (Phi) is 10.4. The number of carbonyl (C=O) groups is 3. The quantitative estimate of drug-likeness (QED) is 0.202. The fourth-order valence-corrected chi connectivity index (χ4v) is 3.30. The second-order valence-electron chi connectivity index (χ2n) is 8.64. The predicted octanol–water partition coefficient (Wildman–Crippen LogP) is 3.99. The van der Waals surface area contributed by atoms with Crippen LogP contribution in [0, 0.1) is 0 Å². The van der Waals surface area contributed by atoms with Gasteiger partial charge in [-0.1, -0.05) is 38.1 Å². The third kappa shape index (κ3) is 9.09. The van der Waals surface area contributed by atoms with Gasteiger partial charge in [0, 0.05) is 12.2 Å². The fraction of sp³-hybridized carbons (Fsp3) is 0.241. The molecule has 0 bridgehead atoms. The molecule has 38 heavy (non-hydrogen) atoms. The van der Waals surface area contributed by atoms with Crippen molar-refractivity contribution < 1.29 is 23.9 Å². The third-order valence-electron chi connectivity index (χ3n) is 5.38. The molecule has 0 aliphatic carbocycles. The number of benzene rings is 3. The second-order valence-corrected chi connectivity index (χ2v) is 8.64. The van der Waals surface area contributed by atoms with Crippen LogP contribution in [-0.2, 0) is 20.9 Å². The lowest BCUT2D eigenvalue weighted by atomic mass is 10.0. The highest BCUT2D eigenvalue weighted by Gasteiger charge is 2.12. The number of amides is 3. The molecule has 0 spiro atoms. The fourth-order valence-electron chi connectivity index (χ4n) is 3.30. The van der Waals surface area contributed by atoms with Gasteiger partial charge in [0.1, 0.15) is 11.5 Å². The summed E-state index contributed by atoms with van der Waals surface area (Å²) in [6.45, 7) is 6.78. The first-order chi connectivity index (χ1) is 18.3. The lowest BCUT2D eigenvalue weighted by molar-refractivity contribution is -0.139. The van der Waals surface area contributed by atoms with Gasteiger partial charge in [0.05, 0.1) is 12.8 Å². The molecule has 3 rings (SSSR count). The Labute approximate surface area is 222 Å². The van der Waals surface area contributed by atoms with E-state index in [1.165, 1.54) is 11.8 Å². The molecule has 3 aromatic carbocycles. The first-order valence-corrected chi connectivity index (χ1v) is 12.3. The van der Waals surface area contributed by atoms with Gasteiger partial charge in [0.25, 0.3) is 5.91 Å². The smallest absolute Gasteiger partial charge is 0.329 e. The number of anilines is 1. The molecule has 198 valence electrons. The van der Waals surface area contributed by atoms with Crippen LogP contribution in [0.4, 0.5) is 5.69 Å². The molecule has 3 N–H and O–H groups in total. The highest BCUT2D eigenvalue weighted by Crippen LogP contribution is 2.16. The van der Waals surface area contributed by atoms with Crippen molar-refractivity contribution in [2.45, 2.75) is 33.2 Å². The van der Waals surface area contributed by atoms with Crippen LogP contribution in [0.1, 0.15) is 43.4 Å². The standard InChI is InChI=1S/C29H32N4O5/c1-4-37-25-15-11-24(12-16-25)32-27(34)19-38-26-13-7-22(8-14-26)18-31-33-29(36)28(35)30-17-21-5-9-23(10-6-21)20(2)3/h5-16,18,20H,4,17,19H2,1-3H3,(H,30,35)(H,32,34)(H,33,36)/b31-18-. The summed E-state index contributed by atoms with van der Waals surface area (Å²) >= 11 is 0. The van der Waals surface area contributed by atoms with E-state index in [4.69, 9.17) is 9.47 Å². The lowest BCUT2D eigenvalue weighted by Gasteiger charge is -2.09. The summed E-state index contributed by atoms with van der Waals surface area (Å²) in [5, 5.41) is 9.14. The van der Waals surface area contributed by atoms with E-state index in [9.17, 15) is 14.4 Å². The monoisotopic (exact) mass is 516 g/mol. The van der Waals surface area contributed by atoms with E-state index in [-0.39, 0.29) is 19.1 Å². The molecule has 0 saturated heterocycles. The summed E-state index contributed by atoms with van der Waals surface area (Å²) in [4.78, 5) is 36.1. The van der Waals surface area contributed by atoms with Crippen LogP contribution in [0.25, 0.3) is 0 Å². The second kappa shape index (κ2) is 14.2. The number of hydrogen-bond donors (Lipinski definition) is 3. The van der Waals surface area contributed by atoms with Gasteiger partial charge in [-0.25, -0.2) is 5.43 Å². The van der Waals surface area contributed by atoms with Crippen LogP contribution < -0.4 is 25.5 Å². The minimum Gasteiger partial charge on any atom is -0.494 e. The van der Waals surface area contributed by atoms with Crippen molar-refractivity contribution in [1.82, 2.24) is 10.7 Å². The molecular weight excluding hydrogens is 484 g/mol. The number of nitrogens with one attached hydrogen (secondary N) is 3. The molecule has 0 atom stereocenters. The predicted molar refractivity (Wildman–Crippen MR) is 146 cm³/mol. The van der Waals surface area contributed by atoms with Crippen molar-refractivity contribution in [2.24, 2.45) is 5.10 Å². The van der Waals surface area contributed by atoms with Gasteiger partial charge in [0.2, 0.25) is 0 Å². The Hall–Kier alpha value is -4.66. The number of rotatable bonds is 11. The third-order valence-corrected chi connectivity index (χ3v) is 5.38. The maximum atomic E-state index is 12.1. The van der Waals surface area contributed by atoms with Gasteiger partial charge in [-0.05, 0) is 78.1 Å². The number of ether oxygens (including phenoxy) is 2. The number of nitrogens with zero attached hydrogens (tertiary/aromatic N) is 1. The molecule has 0 radical (unpaired) electrons. The van der Waals surface area contributed by atoms with E-state index in [2.05, 4.69) is 35.0 Å². The van der Waals surface area contributed by atoms with Crippen LogP contribution in [0.5, 0.6) is 11.5 Å². The van der Waals surface area contributed by atoms with Gasteiger partial charge in [-0.15, -0.1) is 0 Å². The van der Waals surface area contributed by atoms with E-state index in [1.54, 1.807) is 48.5 Å². The van der Waals surface area contributed by atoms with Crippen LogP contribution in [0.2, 0.25) is 0 Å². The van der Waals surface area contributed by atoms with Crippen LogP contribution in [0.15, 0.2) is 77.9 Å². The summed E-state index contributed by atoms with van der Waals surface area (Å²) in [6.07, 6.45) is 1.40. The molecular formula is C29H32N4O5. The maximum Gasteiger partial charge on any atom is 0.329 e. The minimum absolute atomic E-state index is 0.159. The van der Waals surface area contributed by atoms with Crippen LogP contribution in [0.3, 0.4) is 0 Å². The Morgan fingerprint density at radius 1 is 0.842 bits per heavy atom. The average molecular weight is 517 g/mol. The van der Waals surface area contributed by atoms with Crippen molar-refractivity contribution in [2.75, 3.05) is 18.5 Å². The number of carbonyl (C=O) groups excluding carboxylic acids is 3. The van der Waals surface area contributed by atoms with Crippen molar-refractivity contribution in [3.63, 3.8) is 0 Å². The Bertz CT molecular complexity index is 1240. The summed E-state index contributed by atoms with van der Waals surface area (Å²) in [7, 11) is 0. The van der Waals surface area contributed by atoms with Gasteiger partial charge < -0.3 is 20.1 Å². The van der Waals surface area contributed by atoms with E-state index >= 15 is 0 Å². The first-order valence-electron chi connectivity index (χ1n) is 12.3. The van der Waals surface area contributed by atoms with Crippen molar-refractivity contribution >= 4 is 29.6 Å². The van der Waals surface area contributed by atoms with Crippen molar-refractivity contribution in [3.8, 4) is 11.5 Å². The normalized spacial score (nSPS) is 10.7. The van der Waals surface area contributed by atoms with E-state index in [0.29, 0.717) is 29.5 Å². The zero-order valence-corrected chi connectivity index (χ0v) is 21.7.